The third kappa shape index (κ3) is 6.00. The van der Waals surface area contributed by atoms with Crippen LogP contribution in [0.3, 0.4) is 0 Å². The molecule has 0 heterocycles. The number of hydrogen-bond acceptors (Lipinski definition) is 1. The monoisotopic (exact) mass is 213 g/mol. The second kappa shape index (κ2) is 4.17. The van der Waals surface area contributed by atoms with Gasteiger partial charge in [0.25, 0.3) is 0 Å². The maximum absolute atomic E-state index is 5.19. The molecule has 1 radical (unpaired) electrons. The Bertz CT molecular complexity index is 83.7. The molecule has 7 heavy (non-hydrogen) atoms. The summed E-state index contributed by atoms with van der Waals surface area (Å²) in [6, 6.07) is 0. The molecular weight excluding hydrogens is 204 g/mol. The van der Waals surface area contributed by atoms with Crippen LogP contribution in [-0.4, -0.2) is 32.7 Å². The van der Waals surface area contributed by atoms with E-state index in [1.54, 1.807) is 28.4 Å². The van der Waals surface area contributed by atoms with E-state index in [0.717, 1.165) is 0 Å². The summed E-state index contributed by atoms with van der Waals surface area (Å²) in [5.74, 6) is 0. The third-order valence-electron chi connectivity index (χ3n) is 0.376. The van der Waals surface area contributed by atoms with E-state index in [1.165, 1.54) is 0 Å². The van der Waals surface area contributed by atoms with Crippen LogP contribution in [0.1, 0.15) is 0 Å². The number of nitrogens with zero attached hydrogens (tertiary/aromatic N) is 1. The van der Waals surface area contributed by atoms with Gasteiger partial charge < -0.3 is 0 Å². The molecule has 0 aliphatic heterocycles. The molecule has 0 rings (SSSR count). The van der Waals surface area contributed by atoms with Crippen molar-refractivity contribution < 1.29 is 0 Å². The average molecular weight is 211 g/mol. The van der Waals surface area contributed by atoms with Gasteiger partial charge in [0.15, 0.2) is 0 Å². The van der Waals surface area contributed by atoms with Crippen LogP contribution >= 0.6 is 0 Å². The fourth-order valence-corrected chi connectivity index (χ4v) is 0.367. The molecule has 3 heteroatoms. The molecule has 0 saturated heterocycles. The zero-order valence-electron chi connectivity index (χ0n) is 3.92. The zero-order valence-corrected chi connectivity index (χ0v) is 6.25. The van der Waals surface area contributed by atoms with Gasteiger partial charge in [0.05, 0.1) is 0 Å². The van der Waals surface area contributed by atoms with Gasteiger partial charge in [0.1, 0.15) is 0 Å². The second-order valence-electron chi connectivity index (χ2n) is 0.968. The van der Waals surface area contributed by atoms with Crippen molar-refractivity contribution >= 4 is 26.2 Å². The Morgan fingerprint density at radius 2 is 2.57 bits per heavy atom. The summed E-state index contributed by atoms with van der Waals surface area (Å²) in [5.41, 5.74) is 5.19. The van der Waals surface area contributed by atoms with E-state index in [4.69, 9.17) is 5.73 Å². The van der Waals surface area contributed by atoms with Gasteiger partial charge in [-0.3, -0.25) is 0 Å². The van der Waals surface area contributed by atoms with Crippen LogP contribution in [0.5, 0.6) is 0 Å². The van der Waals surface area contributed by atoms with Gasteiger partial charge in [-0.05, 0) is 0 Å². The van der Waals surface area contributed by atoms with E-state index in [-0.39, 0.29) is 0 Å². The molecule has 39 valence electrons. The Labute approximate surface area is 56.4 Å². The van der Waals surface area contributed by atoms with Crippen molar-refractivity contribution in [3.05, 3.63) is 12.7 Å². The first kappa shape index (κ1) is 7.00. The molecule has 0 unspecified atom stereocenters. The maximum atomic E-state index is 5.19. The van der Waals surface area contributed by atoms with Gasteiger partial charge in [0, 0.05) is 0 Å². The van der Waals surface area contributed by atoms with Gasteiger partial charge >= 0.3 is 56.1 Å². The van der Waals surface area contributed by atoms with Crippen LogP contribution in [0.25, 0.3) is 0 Å². The Morgan fingerprint density at radius 1 is 2.00 bits per heavy atom. The van der Waals surface area contributed by atoms with Crippen LogP contribution in [0.2, 0.25) is 0 Å². The molecule has 2 N–H and O–H groups in total. The Morgan fingerprint density at radius 3 is 2.71 bits per heavy atom. The standard InChI is InChI=1S/C4H7N2Te/c1-2-3-6-4(5)7/h2H,1,3H2,(H2,5,6). The van der Waals surface area contributed by atoms with E-state index < -0.39 is 0 Å². The van der Waals surface area contributed by atoms with Crippen molar-refractivity contribution in [3.8, 4) is 0 Å². The van der Waals surface area contributed by atoms with Gasteiger partial charge in [0.2, 0.25) is 0 Å². The summed E-state index contributed by atoms with van der Waals surface area (Å²) in [6.07, 6.45) is 1.71. The van der Waals surface area contributed by atoms with Crippen LogP contribution in [0.4, 0.5) is 0 Å². The summed E-state index contributed by atoms with van der Waals surface area (Å²) < 4.78 is 0.621. The molecule has 0 fully saturated rings. The van der Waals surface area contributed by atoms with Crippen LogP contribution in [0, 0.1) is 0 Å². The van der Waals surface area contributed by atoms with Crippen LogP contribution in [0.15, 0.2) is 17.6 Å². The molecular formula is C4H7N2Te. The number of rotatable bonds is 2. The average Bonchev–Trinajstić information content (AvgIpc) is 1.61. The molecule has 0 aliphatic rings. The van der Waals surface area contributed by atoms with E-state index in [2.05, 4.69) is 11.6 Å². The summed E-state index contributed by atoms with van der Waals surface area (Å²) in [5, 5.41) is 0. The van der Waals surface area contributed by atoms with Crippen molar-refractivity contribution in [2.75, 3.05) is 6.54 Å². The fourth-order valence-electron chi connectivity index (χ4n) is 0.155. The molecule has 0 bridgehead atoms. The topological polar surface area (TPSA) is 38.4 Å². The number of hydrogen-bond donors (Lipinski definition) is 1. The fraction of sp³-hybridized carbons (Fsp3) is 0.250. The quantitative estimate of drug-likeness (QED) is 0.288. The summed E-state index contributed by atoms with van der Waals surface area (Å²) in [6.45, 7) is 4.10. The number of aliphatic imine (C=N–C) groups is 1. The van der Waals surface area contributed by atoms with Crippen molar-refractivity contribution in [2.45, 2.75) is 0 Å². The summed E-state index contributed by atoms with van der Waals surface area (Å²) >= 11 is 1.69. The molecule has 0 aromatic rings. The summed E-state index contributed by atoms with van der Waals surface area (Å²) in [4.78, 5) is 3.82. The first-order valence-corrected chi connectivity index (χ1v) is 3.01. The van der Waals surface area contributed by atoms with Gasteiger partial charge in [-0.2, -0.15) is 0 Å². The number of nitrogens with two attached hydrogens (primary N) is 1. The van der Waals surface area contributed by atoms with E-state index in [1.807, 2.05) is 0 Å². The normalized spacial score (nSPS) is 11.1. The molecule has 0 aromatic carbocycles. The minimum absolute atomic E-state index is 0.621. The zero-order chi connectivity index (χ0) is 5.70. The van der Waals surface area contributed by atoms with Crippen molar-refractivity contribution in [1.82, 2.24) is 0 Å². The Kier molecular flexibility index (Phi) is 4.17. The third-order valence-corrected chi connectivity index (χ3v) is 0.745. The summed E-state index contributed by atoms with van der Waals surface area (Å²) in [7, 11) is 0. The molecule has 0 aliphatic carbocycles. The Balaban J connectivity index is 3.25. The molecule has 0 spiro atoms. The van der Waals surface area contributed by atoms with Crippen LogP contribution in [-0.2, 0) is 0 Å². The molecule has 0 aromatic heterocycles. The van der Waals surface area contributed by atoms with E-state index >= 15 is 0 Å². The first-order valence-electron chi connectivity index (χ1n) is 1.85. The van der Waals surface area contributed by atoms with Crippen molar-refractivity contribution in [1.29, 1.82) is 0 Å². The first-order chi connectivity index (χ1) is 3.27. The molecule has 2 nitrogen and oxygen atoms in total. The van der Waals surface area contributed by atoms with E-state index in [0.29, 0.717) is 10.4 Å². The number of amidine groups is 1. The van der Waals surface area contributed by atoms with Crippen molar-refractivity contribution in [2.24, 2.45) is 10.7 Å². The second-order valence-corrected chi connectivity index (χ2v) is 2.16. The van der Waals surface area contributed by atoms with Crippen LogP contribution < -0.4 is 5.73 Å². The van der Waals surface area contributed by atoms with Gasteiger partial charge in [-0.1, -0.05) is 0 Å². The predicted octanol–water partition coefficient (Wildman–Crippen LogP) is -0.344. The SMILES string of the molecule is C=CCN=C(N)[Te]. The predicted molar refractivity (Wildman–Crippen MR) is 32.4 cm³/mol. The van der Waals surface area contributed by atoms with E-state index in [9.17, 15) is 0 Å². The van der Waals surface area contributed by atoms with Gasteiger partial charge in [-0.25, -0.2) is 0 Å². The molecule has 0 atom stereocenters. The van der Waals surface area contributed by atoms with Crippen molar-refractivity contribution in [3.63, 3.8) is 0 Å². The van der Waals surface area contributed by atoms with Gasteiger partial charge in [-0.15, -0.1) is 0 Å². The Hall–Kier alpha value is -0.000390. The minimum atomic E-state index is 0.621. The molecule has 0 saturated carbocycles. The molecule has 0 amide bonds.